The minimum absolute atomic E-state index is 0.155. The first-order chi connectivity index (χ1) is 14.1. The van der Waals surface area contributed by atoms with Crippen LogP contribution in [0.15, 0.2) is 0 Å². The van der Waals surface area contributed by atoms with Crippen molar-refractivity contribution < 1.29 is 14.6 Å². The second-order valence-electron chi connectivity index (χ2n) is 8.06. The summed E-state index contributed by atoms with van der Waals surface area (Å²) in [5, 5.41) is 24.9. The Bertz CT molecular complexity index is 541. The van der Waals surface area contributed by atoms with E-state index in [0.29, 0.717) is 31.1 Å². The van der Waals surface area contributed by atoms with Crippen molar-refractivity contribution in [3.8, 4) is 0 Å². The molecule has 0 saturated carbocycles. The van der Waals surface area contributed by atoms with E-state index in [1.165, 1.54) is 0 Å². The number of hydrazine groups is 1. The zero-order valence-electron chi connectivity index (χ0n) is 18.8. The number of guanidine groups is 1. The minimum atomic E-state index is -0.822. The molecule has 0 saturated heterocycles. The topological polar surface area (TPSA) is 149 Å². The maximum absolute atomic E-state index is 12.5. The molecule has 10 nitrogen and oxygen atoms in total. The average molecular weight is 428 g/mol. The van der Waals surface area contributed by atoms with E-state index >= 15 is 0 Å². The Morgan fingerprint density at radius 1 is 1.13 bits per heavy atom. The lowest BCUT2D eigenvalue weighted by Crippen LogP contribution is -2.46. The van der Waals surface area contributed by atoms with Crippen LogP contribution < -0.4 is 21.4 Å². The Morgan fingerprint density at radius 3 is 2.43 bits per heavy atom. The van der Waals surface area contributed by atoms with Gasteiger partial charge in [-0.3, -0.25) is 15.0 Å². The van der Waals surface area contributed by atoms with E-state index < -0.39 is 17.0 Å². The summed E-state index contributed by atoms with van der Waals surface area (Å²) < 4.78 is 0. The van der Waals surface area contributed by atoms with E-state index in [2.05, 4.69) is 29.8 Å². The van der Waals surface area contributed by atoms with Gasteiger partial charge in [-0.2, -0.15) is 0 Å². The lowest BCUT2D eigenvalue weighted by molar-refractivity contribution is -0.525. The number of hydrogen-bond acceptors (Lipinski definition) is 5. The summed E-state index contributed by atoms with van der Waals surface area (Å²) in [6, 6.07) is -0.689. The van der Waals surface area contributed by atoms with Gasteiger partial charge < -0.3 is 16.0 Å². The number of unbranched alkanes of at least 4 members (excludes halogenated alkanes) is 1. The van der Waals surface area contributed by atoms with Crippen molar-refractivity contribution >= 4 is 17.8 Å². The normalized spacial score (nSPS) is 12.7. The number of nitrogens with zero attached hydrogens (tertiary/aromatic N) is 1. The van der Waals surface area contributed by atoms with Gasteiger partial charge in [-0.25, -0.2) is 10.1 Å². The largest absolute Gasteiger partial charge is 0.352 e. The molecule has 0 heterocycles. The molecular weight excluding hydrogens is 388 g/mol. The summed E-state index contributed by atoms with van der Waals surface area (Å²) in [6.45, 7) is 10.3. The van der Waals surface area contributed by atoms with Gasteiger partial charge in [0.2, 0.25) is 11.8 Å². The molecule has 0 spiro atoms. The number of carbonyl (C=O) groups is 2. The van der Waals surface area contributed by atoms with Crippen LogP contribution in [-0.4, -0.2) is 35.4 Å². The van der Waals surface area contributed by atoms with E-state index in [1.54, 1.807) is 12.0 Å². The minimum Gasteiger partial charge on any atom is -0.352 e. The molecule has 0 aromatic rings. The van der Waals surface area contributed by atoms with Crippen LogP contribution in [0.5, 0.6) is 0 Å². The van der Waals surface area contributed by atoms with E-state index in [1.807, 2.05) is 13.8 Å². The molecule has 0 fully saturated rings. The molecule has 0 bridgehead atoms. The lowest BCUT2D eigenvalue weighted by Gasteiger charge is -2.19. The summed E-state index contributed by atoms with van der Waals surface area (Å²) in [6.07, 6.45) is 6.07. The zero-order valence-corrected chi connectivity index (χ0v) is 18.8. The first kappa shape index (κ1) is 27.6. The van der Waals surface area contributed by atoms with Gasteiger partial charge in [0.25, 0.3) is 5.96 Å². The van der Waals surface area contributed by atoms with Crippen LogP contribution in [0.3, 0.4) is 0 Å². The smallest absolute Gasteiger partial charge is 0.251 e. The highest BCUT2D eigenvalue weighted by Crippen LogP contribution is 2.14. The molecule has 2 atom stereocenters. The van der Waals surface area contributed by atoms with Gasteiger partial charge in [0.15, 0.2) is 5.03 Å². The summed E-state index contributed by atoms with van der Waals surface area (Å²) in [5.74, 6) is 0.0230. The van der Waals surface area contributed by atoms with Crippen LogP contribution in [0.4, 0.5) is 0 Å². The van der Waals surface area contributed by atoms with Gasteiger partial charge in [-0.05, 0) is 37.5 Å². The van der Waals surface area contributed by atoms with Crippen molar-refractivity contribution in [1.29, 1.82) is 5.41 Å². The van der Waals surface area contributed by atoms with Gasteiger partial charge in [0.05, 0.1) is 0 Å². The number of amides is 2. The van der Waals surface area contributed by atoms with Crippen LogP contribution in [0.2, 0.25) is 0 Å². The van der Waals surface area contributed by atoms with Crippen LogP contribution in [0.25, 0.3) is 0 Å². The molecule has 10 heteroatoms. The van der Waals surface area contributed by atoms with Crippen molar-refractivity contribution in [2.45, 2.75) is 85.1 Å². The Balaban J connectivity index is 4.55. The fourth-order valence-electron chi connectivity index (χ4n) is 2.76. The quantitative estimate of drug-likeness (QED) is 0.0840. The van der Waals surface area contributed by atoms with E-state index in [4.69, 9.17) is 5.41 Å². The molecule has 1 radical (unpaired) electrons. The van der Waals surface area contributed by atoms with Gasteiger partial charge in [-0.15, -0.1) is 0 Å². The maximum atomic E-state index is 12.5. The molecule has 5 N–H and O–H groups in total. The van der Waals surface area contributed by atoms with Crippen molar-refractivity contribution in [2.75, 3.05) is 6.54 Å². The zero-order chi connectivity index (χ0) is 22.9. The van der Waals surface area contributed by atoms with Gasteiger partial charge in [0.1, 0.15) is 6.04 Å². The SMILES string of the molecule is CCCCC(C)CCC(=O)N[C@@H](CCCNC(=N)N[N+](=O)[O-])C(=O)N[CH]CC(C)C. The fraction of sp³-hybridized carbons (Fsp3) is 0.800. The van der Waals surface area contributed by atoms with E-state index in [-0.39, 0.29) is 18.4 Å². The number of nitro groups is 1. The van der Waals surface area contributed by atoms with E-state index in [9.17, 15) is 19.7 Å². The molecule has 173 valence electrons. The molecule has 0 rings (SSSR count). The van der Waals surface area contributed by atoms with Gasteiger partial charge in [-0.1, -0.05) is 52.4 Å². The highest BCUT2D eigenvalue weighted by Gasteiger charge is 2.20. The summed E-state index contributed by atoms with van der Waals surface area (Å²) in [5.41, 5.74) is 1.71. The second-order valence-corrected chi connectivity index (χ2v) is 8.06. The van der Waals surface area contributed by atoms with Crippen molar-refractivity contribution in [3.63, 3.8) is 0 Å². The lowest BCUT2D eigenvalue weighted by atomic mass is 9.98. The number of hydrogen-bond donors (Lipinski definition) is 5. The average Bonchev–Trinajstić information content (AvgIpc) is 2.66. The Hall–Kier alpha value is -2.39. The van der Waals surface area contributed by atoms with Crippen molar-refractivity contribution in [1.82, 2.24) is 21.4 Å². The molecule has 0 aromatic carbocycles. The van der Waals surface area contributed by atoms with Gasteiger partial charge >= 0.3 is 0 Å². The highest BCUT2D eigenvalue weighted by atomic mass is 16.7. The molecule has 30 heavy (non-hydrogen) atoms. The summed E-state index contributed by atoms with van der Waals surface area (Å²) >= 11 is 0. The molecular formula is C20H39N6O4. The van der Waals surface area contributed by atoms with Crippen LogP contribution in [0, 0.1) is 33.9 Å². The predicted molar refractivity (Wildman–Crippen MR) is 117 cm³/mol. The molecule has 0 aromatic heterocycles. The van der Waals surface area contributed by atoms with Crippen LogP contribution in [0.1, 0.15) is 79.1 Å². The molecule has 0 aliphatic carbocycles. The Labute approximate surface area is 180 Å². The maximum Gasteiger partial charge on any atom is 0.251 e. The molecule has 1 unspecified atom stereocenters. The Morgan fingerprint density at radius 2 is 1.83 bits per heavy atom. The monoisotopic (exact) mass is 427 g/mol. The first-order valence-corrected chi connectivity index (χ1v) is 10.8. The van der Waals surface area contributed by atoms with Crippen molar-refractivity contribution in [3.05, 3.63) is 16.7 Å². The van der Waals surface area contributed by atoms with Crippen LogP contribution >= 0.6 is 0 Å². The third-order valence-electron chi connectivity index (χ3n) is 4.57. The standard InChI is InChI=1S/C20H39N6O4/c1-5-6-8-16(4)10-11-18(27)24-17(19(28)22-14-12-15(2)3)9-7-13-23-20(21)25-26(29)30/h14-17H,5-13H2,1-4H3,(H,22,28)(H,24,27)(H3,21,23,25)/t16?,17-/m0/s1. The predicted octanol–water partition coefficient (Wildman–Crippen LogP) is 2.49. The highest BCUT2D eigenvalue weighted by molar-refractivity contribution is 5.87. The van der Waals surface area contributed by atoms with Crippen LogP contribution in [-0.2, 0) is 9.59 Å². The van der Waals surface area contributed by atoms with E-state index in [0.717, 1.165) is 32.1 Å². The summed E-state index contributed by atoms with van der Waals surface area (Å²) in [7, 11) is 0. The van der Waals surface area contributed by atoms with Crippen molar-refractivity contribution in [2.24, 2.45) is 11.8 Å². The Kier molecular flexibility index (Phi) is 15.1. The third-order valence-corrected chi connectivity index (χ3v) is 4.57. The number of rotatable bonds is 16. The molecule has 0 aliphatic heterocycles. The number of nitrogens with one attached hydrogen (secondary N) is 5. The molecule has 2 amide bonds. The second kappa shape index (κ2) is 16.4. The fourth-order valence-corrected chi connectivity index (χ4v) is 2.76. The third kappa shape index (κ3) is 15.5. The summed E-state index contributed by atoms with van der Waals surface area (Å²) in [4.78, 5) is 35.1. The number of carbonyl (C=O) groups excluding carboxylic acids is 2. The first-order valence-electron chi connectivity index (χ1n) is 10.8. The molecule has 0 aliphatic rings. The van der Waals surface area contributed by atoms with Gasteiger partial charge in [0, 0.05) is 19.5 Å².